The summed E-state index contributed by atoms with van der Waals surface area (Å²) in [5.74, 6) is 0.447. The standard InChI is InChI=1S/C13H10Cl2FN3S/c1-7(13-17-2-3-20-13)19-11-5-9(16)8(15)4-10(11)18-12(19)6-14/h2-5,7H,6H2,1H3. The van der Waals surface area contributed by atoms with Crippen molar-refractivity contribution < 1.29 is 4.39 Å². The minimum Gasteiger partial charge on any atom is -0.317 e. The minimum atomic E-state index is -0.465. The third kappa shape index (κ3) is 2.20. The highest BCUT2D eigenvalue weighted by molar-refractivity contribution is 7.09. The number of fused-ring (bicyclic) bond motifs is 1. The van der Waals surface area contributed by atoms with Gasteiger partial charge in [-0.25, -0.2) is 14.4 Å². The van der Waals surface area contributed by atoms with Gasteiger partial charge in [0.1, 0.15) is 16.6 Å². The molecule has 0 amide bonds. The summed E-state index contributed by atoms with van der Waals surface area (Å²) in [4.78, 5) is 8.72. The molecule has 0 fully saturated rings. The van der Waals surface area contributed by atoms with Gasteiger partial charge >= 0.3 is 0 Å². The molecule has 0 N–H and O–H groups in total. The van der Waals surface area contributed by atoms with Gasteiger partial charge in [0.25, 0.3) is 0 Å². The maximum atomic E-state index is 13.7. The molecule has 20 heavy (non-hydrogen) atoms. The Morgan fingerprint density at radius 1 is 1.45 bits per heavy atom. The van der Waals surface area contributed by atoms with Crippen molar-refractivity contribution in [1.29, 1.82) is 0 Å². The Morgan fingerprint density at radius 2 is 2.25 bits per heavy atom. The van der Waals surface area contributed by atoms with Gasteiger partial charge in [-0.05, 0) is 13.0 Å². The van der Waals surface area contributed by atoms with E-state index in [0.29, 0.717) is 16.9 Å². The van der Waals surface area contributed by atoms with E-state index in [1.807, 2.05) is 16.9 Å². The Morgan fingerprint density at radius 3 is 2.90 bits per heavy atom. The largest absolute Gasteiger partial charge is 0.317 e. The van der Waals surface area contributed by atoms with Gasteiger partial charge in [-0.1, -0.05) is 11.6 Å². The Balaban J connectivity index is 2.25. The highest BCUT2D eigenvalue weighted by atomic mass is 35.5. The molecule has 104 valence electrons. The summed E-state index contributed by atoms with van der Waals surface area (Å²) in [5.41, 5.74) is 1.31. The highest BCUT2D eigenvalue weighted by Gasteiger charge is 2.19. The third-order valence-electron chi connectivity index (χ3n) is 3.12. The van der Waals surface area contributed by atoms with Crippen molar-refractivity contribution in [1.82, 2.24) is 14.5 Å². The van der Waals surface area contributed by atoms with Crippen LogP contribution in [-0.2, 0) is 5.88 Å². The van der Waals surface area contributed by atoms with Crippen LogP contribution in [0.2, 0.25) is 5.02 Å². The van der Waals surface area contributed by atoms with Crippen molar-refractivity contribution in [2.24, 2.45) is 0 Å². The summed E-state index contributed by atoms with van der Waals surface area (Å²) in [6.45, 7) is 1.99. The van der Waals surface area contributed by atoms with E-state index < -0.39 is 5.82 Å². The molecule has 0 bridgehead atoms. The number of benzene rings is 1. The van der Waals surface area contributed by atoms with Crippen molar-refractivity contribution in [2.45, 2.75) is 18.8 Å². The van der Waals surface area contributed by atoms with Gasteiger partial charge in [0.2, 0.25) is 0 Å². The van der Waals surface area contributed by atoms with Crippen LogP contribution < -0.4 is 0 Å². The molecule has 1 unspecified atom stereocenters. The fourth-order valence-electron chi connectivity index (χ4n) is 2.22. The Labute approximate surface area is 129 Å². The van der Waals surface area contributed by atoms with Crippen LogP contribution in [0.25, 0.3) is 11.0 Å². The van der Waals surface area contributed by atoms with Gasteiger partial charge in [0.15, 0.2) is 0 Å². The normalized spacial score (nSPS) is 13.0. The number of rotatable bonds is 3. The monoisotopic (exact) mass is 329 g/mol. The molecule has 0 aliphatic heterocycles. The van der Waals surface area contributed by atoms with E-state index in [9.17, 15) is 4.39 Å². The molecule has 0 spiro atoms. The summed E-state index contributed by atoms with van der Waals surface area (Å²) in [7, 11) is 0. The maximum Gasteiger partial charge on any atom is 0.144 e. The van der Waals surface area contributed by atoms with E-state index in [1.54, 1.807) is 17.5 Å². The maximum absolute atomic E-state index is 13.7. The zero-order valence-electron chi connectivity index (χ0n) is 10.5. The molecule has 2 aromatic heterocycles. The lowest BCUT2D eigenvalue weighted by atomic mass is 10.2. The fraction of sp³-hybridized carbons (Fsp3) is 0.231. The van der Waals surface area contributed by atoms with Crippen molar-refractivity contribution in [3.8, 4) is 0 Å². The van der Waals surface area contributed by atoms with Gasteiger partial charge in [-0.15, -0.1) is 22.9 Å². The van der Waals surface area contributed by atoms with Crippen LogP contribution in [0.3, 0.4) is 0 Å². The van der Waals surface area contributed by atoms with Crippen LogP contribution in [0.15, 0.2) is 23.7 Å². The summed E-state index contributed by atoms with van der Waals surface area (Å²) in [6.07, 6.45) is 1.74. The first-order valence-corrected chi connectivity index (χ1v) is 7.72. The van der Waals surface area contributed by atoms with Gasteiger partial charge in [-0.2, -0.15) is 0 Å². The zero-order chi connectivity index (χ0) is 14.3. The molecular formula is C13H10Cl2FN3S. The lowest BCUT2D eigenvalue weighted by Gasteiger charge is -2.14. The molecule has 1 aromatic carbocycles. The molecule has 0 saturated heterocycles. The molecule has 3 rings (SSSR count). The average molecular weight is 330 g/mol. The number of aromatic nitrogens is 3. The van der Waals surface area contributed by atoms with Crippen molar-refractivity contribution in [3.63, 3.8) is 0 Å². The molecule has 7 heteroatoms. The van der Waals surface area contributed by atoms with Crippen LogP contribution in [0.1, 0.15) is 23.8 Å². The van der Waals surface area contributed by atoms with Crippen molar-refractivity contribution >= 4 is 45.6 Å². The van der Waals surface area contributed by atoms with E-state index in [0.717, 1.165) is 5.01 Å². The van der Waals surface area contributed by atoms with Gasteiger partial charge < -0.3 is 4.57 Å². The van der Waals surface area contributed by atoms with E-state index in [2.05, 4.69) is 9.97 Å². The zero-order valence-corrected chi connectivity index (χ0v) is 12.8. The summed E-state index contributed by atoms with van der Waals surface area (Å²) in [6, 6.07) is 2.85. The lowest BCUT2D eigenvalue weighted by molar-refractivity contribution is 0.616. The van der Waals surface area contributed by atoms with Gasteiger partial charge in [-0.3, -0.25) is 0 Å². The molecule has 0 saturated carbocycles. The second-order valence-corrected chi connectivity index (χ2v) is 5.93. The van der Waals surface area contributed by atoms with E-state index in [1.165, 1.54) is 12.1 Å². The predicted molar refractivity (Wildman–Crippen MR) is 80.2 cm³/mol. The topological polar surface area (TPSA) is 30.7 Å². The Bertz CT molecular complexity index is 755. The van der Waals surface area contributed by atoms with Crippen molar-refractivity contribution in [2.75, 3.05) is 0 Å². The fourth-order valence-corrected chi connectivity index (χ4v) is 3.25. The third-order valence-corrected chi connectivity index (χ3v) is 4.59. The number of hydrogen-bond donors (Lipinski definition) is 0. The smallest absolute Gasteiger partial charge is 0.144 e. The number of thiazole rings is 1. The van der Waals surface area contributed by atoms with Crippen LogP contribution in [0.5, 0.6) is 0 Å². The number of hydrogen-bond acceptors (Lipinski definition) is 3. The molecule has 2 heterocycles. The summed E-state index contributed by atoms with van der Waals surface area (Å²) >= 11 is 13.3. The van der Waals surface area contributed by atoms with Crippen LogP contribution in [-0.4, -0.2) is 14.5 Å². The Kier molecular flexibility index (Phi) is 3.67. The predicted octanol–water partition coefficient (Wildman–Crippen LogP) is 4.63. The first-order chi connectivity index (χ1) is 9.61. The molecule has 3 aromatic rings. The first kappa shape index (κ1) is 13.8. The summed E-state index contributed by atoms with van der Waals surface area (Å²) < 4.78 is 15.6. The second kappa shape index (κ2) is 5.31. The number of nitrogens with zero attached hydrogens (tertiary/aromatic N) is 3. The molecule has 1 atom stereocenters. The molecule has 3 nitrogen and oxygen atoms in total. The lowest BCUT2D eigenvalue weighted by Crippen LogP contribution is -2.09. The number of imidazole rings is 1. The first-order valence-electron chi connectivity index (χ1n) is 5.93. The highest BCUT2D eigenvalue weighted by Crippen LogP contribution is 2.30. The summed E-state index contributed by atoms with van der Waals surface area (Å²) in [5, 5.41) is 2.89. The number of alkyl halides is 1. The Hall–Kier alpha value is -1.17. The van der Waals surface area contributed by atoms with E-state index >= 15 is 0 Å². The van der Waals surface area contributed by atoms with E-state index in [4.69, 9.17) is 23.2 Å². The van der Waals surface area contributed by atoms with Gasteiger partial charge in [0, 0.05) is 17.6 Å². The van der Waals surface area contributed by atoms with E-state index in [-0.39, 0.29) is 16.9 Å². The molecule has 0 aliphatic carbocycles. The SMILES string of the molecule is CC(c1nccs1)n1c(CCl)nc2cc(Cl)c(F)cc21. The average Bonchev–Trinajstić information content (AvgIpc) is 3.06. The molecule has 0 radical (unpaired) electrons. The minimum absolute atomic E-state index is 0.0603. The van der Waals surface area contributed by atoms with Gasteiger partial charge in [0.05, 0.1) is 28.0 Å². The molecule has 0 aliphatic rings. The van der Waals surface area contributed by atoms with Crippen LogP contribution in [0, 0.1) is 5.82 Å². The van der Waals surface area contributed by atoms with Crippen LogP contribution >= 0.6 is 34.5 Å². The van der Waals surface area contributed by atoms with Crippen molar-refractivity contribution in [3.05, 3.63) is 45.4 Å². The number of halogens is 3. The molecular weight excluding hydrogens is 320 g/mol. The second-order valence-electron chi connectivity index (χ2n) is 4.33. The quantitative estimate of drug-likeness (QED) is 0.655. The van der Waals surface area contributed by atoms with Crippen LogP contribution in [0.4, 0.5) is 4.39 Å².